The number of allylic oxidation sites excluding steroid dienone is 4. The van der Waals surface area contributed by atoms with Crippen LogP contribution in [0.15, 0.2) is 24.3 Å². The zero-order valence-corrected chi connectivity index (χ0v) is 5.04. The van der Waals surface area contributed by atoms with Crippen molar-refractivity contribution in [3.8, 4) is 0 Å². The molecule has 1 aliphatic rings. The van der Waals surface area contributed by atoms with E-state index < -0.39 is 7.68 Å². The lowest BCUT2D eigenvalue weighted by Crippen LogP contribution is -1.80. The van der Waals surface area contributed by atoms with Crippen LogP contribution in [0.4, 0.5) is 0 Å². The summed E-state index contributed by atoms with van der Waals surface area (Å²) in [5.74, 6) is 0. The van der Waals surface area contributed by atoms with Crippen LogP contribution < -0.4 is 0 Å². The maximum atomic E-state index is 10.1. The average molecular weight is 128 g/mol. The summed E-state index contributed by atoms with van der Waals surface area (Å²) in [6, 6.07) is 0. The fraction of sp³-hybridized carbons (Fsp3) is 0.200. The van der Waals surface area contributed by atoms with Gasteiger partial charge < -0.3 is 0 Å². The molecule has 0 aliphatic heterocycles. The highest BCUT2D eigenvalue weighted by molar-refractivity contribution is 7.32. The van der Waals surface area contributed by atoms with Gasteiger partial charge in [0.2, 0.25) is 0 Å². The maximum Gasteiger partial charge on any atom is 0.326 e. The normalized spacial score (nSPS) is 17.5. The lowest BCUT2D eigenvalue weighted by molar-refractivity contribution is 0.514. The molecule has 0 spiro atoms. The summed E-state index contributed by atoms with van der Waals surface area (Å²) >= 11 is 0. The van der Waals surface area contributed by atoms with E-state index in [0.29, 0.717) is 0 Å². The van der Waals surface area contributed by atoms with Crippen LogP contribution in [0, 0.1) is 0 Å². The van der Waals surface area contributed by atoms with Crippen LogP contribution >= 0.6 is 7.68 Å². The molecular formula is C5H5O2P. The van der Waals surface area contributed by atoms with Gasteiger partial charge in [-0.05, 0) is 0 Å². The average Bonchev–Trinajstić information content (AvgIpc) is 2.12. The monoisotopic (exact) mass is 128 g/mol. The molecule has 0 bridgehead atoms. The summed E-state index contributed by atoms with van der Waals surface area (Å²) in [7, 11) is -2.28. The Hall–Kier alpha value is -0.620. The van der Waals surface area contributed by atoms with Crippen molar-refractivity contribution in [2.45, 2.75) is 5.66 Å². The van der Waals surface area contributed by atoms with Crippen molar-refractivity contribution in [2.24, 2.45) is 0 Å². The summed E-state index contributed by atoms with van der Waals surface area (Å²) in [5.41, 5.74) is -0.343. The molecule has 0 aromatic rings. The van der Waals surface area contributed by atoms with E-state index in [1.54, 1.807) is 24.3 Å². The first-order chi connectivity index (χ1) is 3.80. The maximum absolute atomic E-state index is 10.1. The summed E-state index contributed by atoms with van der Waals surface area (Å²) in [4.78, 5) is 0. The van der Waals surface area contributed by atoms with E-state index in [1.807, 2.05) is 0 Å². The van der Waals surface area contributed by atoms with Crippen molar-refractivity contribution in [3.05, 3.63) is 24.3 Å². The van der Waals surface area contributed by atoms with E-state index in [0.717, 1.165) is 0 Å². The van der Waals surface area contributed by atoms with Crippen LogP contribution in [-0.4, -0.2) is 5.66 Å². The van der Waals surface area contributed by atoms with E-state index in [-0.39, 0.29) is 5.66 Å². The fourth-order valence-corrected chi connectivity index (χ4v) is 1.04. The van der Waals surface area contributed by atoms with Crippen LogP contribution in [0.5, 0.6) is 0 Å². The molecule has 0 fully saturated rings. The SMILES string of the molecule is O=P(=O)C1C=CC=C1. The molecule has 0 aromatic heterocycles. The van der Waals surface area contributed by atoms with Gasteiger partial charge >= 0.3 is 7.68 Å². The molecule has 0 saturated heterocycles. The largest absolute Gasteiger partial charge is 0.326 e. The Labute approximate surface area is 47.7 Å². The molecule has 0 aromatic carbocycles. The molecule has 1 rings (SSSR count). The van der Waals surface area contributed by atoms with Gasteiger partial charge in [-0.15, -0.1) is 0 Å². The van der Waals surface area contributed by atoms with Crippen LogP contribution in [0.1, 0.15) is 0 Å². The second kappa shape index (κ2) is 2.10. The van der Waals surface area contributed by atoms with Gasteiger partial charge in [0.05, 0.1) is 0 Å². The van der Waals surface area contributed by atoms with Gasteiger partial charge in [-0.1, -0.05) is 24.3 Å². The van der Waals surface area contributed by atoms with Crippen LogP contribution in [-0.2, 0) is 9.13 Å². The molecule has 3 heteroatoms. The zero-order chi connectivity index (χ0) is 5.98. The molecule has 0 atom stereocenters. The Balaban J connectivity index is 2.76. The highest BCUT2D eigenvalue weighted by Gasteiger charge is 2.07. The Kier molecular flexibility index (Phi) is 1.45. The van der Waals surface area contributed by atoms with Crippen molar-refractivity contribution in [1.29, 1.82) is 0 Å². The van der Waals surface area contributed by atoms with Gasteiger partial charge in [-0.3, -0.25) is 0 Å². The molecule has 0 heterocycles. The van der Waals surface area contributed by atoms with Crippen LogP contribution in [0.3, 0.4) is 0 Å². The van der Waals surface area contributed by atoms with Crippen molar-refractivity contribution in [2.75, 3.05) is 0 Å². The minimum atomic E-state index is -2.28. The van der Waals surface area contributed by atoms with E-state index in [4.69, 9.17) is 0 Å². The van der Waals surface area contributed by atoms with Gasteiger partial charge in [0.25, 0.3) is 0 Å². The third kappa shape index (κ3) is 0.958. The van der Waals surface area contributed by atoms with E-state index >= 15 is 0 Å². The summed E-state index contributed by atoms with van der Waals surface area (Å²) < 4.78 is 20.3. The lowest BCUT2D eigenvalue weighted by Gasteiger charge is -1.82. The van der Waals surface area contributed by atoms with Gasteiger partial charge in [0.15, 0.2) is 0 Å². The number of rotatable bonds is 1. The molecule has 0 radical (unpaired) electrons. The van der Waals surface area contributed by atoms with Gasteiger partial charge in [0, 0.05) is 0 Å². The Bertz CT molecular complexity index is 180. The van der Waals surface area contributed by atoms with E-state index in [9.17, 15) is 9.13 Å². The van der Waals surface area contributed by atoms with E-state index in [2.05, 4.69) is 0 Å². The van der Waals surface area contributed by atoms with Crippen LogP contribution in [0.25, 0.3) is 0 Å². The minimum absolute atomic E-state index is 0.343. The highest BCUT2D eigenvalue weighted by Crippen LogP contribution is 2.20. The topological polar surface area (TPSA) is 34.1 Å². The van der Waals surface area contributed by atoms with Crippen LogP contribution in [0.2, 0.25) is 0 Å². The zero-order valence-electron chi connectivity index (χ0n) is 4.15. The smallest absolute Gasteiger partial charge is 0.236 e. The second-order valence-corrected chi connectivity index (χ2v) is 2.71. The van der Waals surface area contributed by atoms with E-state index in [1.165, 1.54) is 0 Å². The third-order valence-electron chi connectivity index (χ3n) is 0.971. The standard InChI is InChI=1S/C5H5O2P/c6-8(7)5-3-1-2-4-5/h1-5H. The van der Waals surface area contributed by atoms with Gasteiger partial charge in [-0.25, -0.2) is 9.13 Å². The molecule has 42 valence electrons. The Morgan fingerprint density at radius 1 is 1.12 bits per heavy atom. The van der Waals surface area contributed by atoms with Gasteiger partial charge in [0.1, 0.15) is 5.66 Å². The number of hydrogen-bond acceptors (Lipinski definition) is 2. The molecule has 0 N–H and O–H groups in total. The van der Waals surface area contributed by atoms with Crippen molar-refractivity contribution >= 4 is 7.68 Å². The summed E-state index contributed by atoms with van der Waals surface area (Å²) in [6.07, 6.45) is 6.75. The molecule has 1 aliphatic carbocycles. The van der Waals surface area contributed by atoms with Crippen molar-refractivity contribution < 1.29 is 9.13 Å². The molecule has 0 amide bonds. The summed E-state index contributed by atoms with van der Waals surface area (Å²) in [6.45, 7) is 0. The Morgan fingerprint density at radius 2 is 1.62 bits per heavy atom. The molecule has 2 nitrogen and oxygen atoms in total. The molecule has 0 saturated carbocycles. The predicted molar refractivity (Wildman–Crippen MR) is 30.4 cm³/mol. The lowest BCUT2D eigenvalue weighted by atomic mass is 10.5. The highest BCUT2D eigenvalue weighted by atomic mass is 31.1. The first-order valence-electron chi connectivity index (χ1n) is 2.29. The molecule has 0 unspecified atom stereocenters. The molecule has 8 heavy (non-hydrogen) atoms. The van der Waals surface area contributed by atoms with Crippen molar-refractivity contribution in [3.63, 3.8) is 0 Å². The van der Waals surface area contributed by atoms with Gasteiger partial charge in [-0.2, -0.15) is 0 Å². The number of hydrogen-bond donors (Lipinski definition) is 0. The Morgan fingerprint density at radius 3 is 1.88 bits per heavy atom. The van der Waals surface area contributed by atoms with Crippen molar-refractivity contribution in [1.82, 2.24) is 0 Å². The minimum Gasteiger partial charge on any atom is -0.236 e. The quantitative estimate of drug-likeness (QED) is 0.503. The fourth-order valence-electron chi connectivity index (χ4n) is 0.561. The first-order valence-corrected chi connectivity index (χ1v) is 3.54. The first kappa shape index (κ1) is 5.52. The second-order valence-electron chi connectivity index (χ2n) is 1.55. The third-order valence-corrected chi connectivity index (χ3v) is 1.80. The summed E-state index contributed by atoms with van der Waals surface area (Å²) in [5, 5.41) is 0. The predicted octanol–water partition coefficient (Wildman–Crippen LogP) is 1.65. The molecular weight excluding hydrogens is 123 g/mol.